The summed E-state index contributed by atoms with van der Waals surface area (Å²) >= 11 is 0. The number of benzene rings is 2. The summed E-state index contributed by atoms with van der Waals surface area (Å²) in [6.45, 7) is 1.75. The first kappa shape index (κ1) is 21.0. The van der Waals surface area contributed by atoms with Gasteiger partial charge in [0.05, 0.1) is 31.3 Å². The summed E-state index contributed by atoms with van der Waals surface area (Å²) in [5.74, 6) is 0.653. The van der Waals surface area contributed by atoms with Crippen LogP contribution in [0.5, 0.6) is 11.5 Å². The molecule has 9 heteroatoms. The number of aliphatic hydroxyl groups excluding tert-OH is 1. The van der Waals surface area contributed by atoms with E-state index >= 15 is 0 Å². The zero-order valence-electron chi connectivity index (χ0n) is 15.9. The molecule has 0 bridgehead atoms. The van der Waals surface area contributed by atoms with Crippen LogP contribution >= 0.6 is 0 Å². The highest BCUT2D eigenvalue weighted by Crippen LogP contribution is 2.28. The minimum absolute atomic E-state index is 0.120. The number of hydrogen-bond acceptors (Lipinski definition) is 7. The maximum absolute atomic E-state index is 12.5. The maximum Gasteiger partial charge on any atom is 0.270 e. The van der Waals surface area contributed by atoms with Crippen molar-refractivity contribution in [2.45, 2.75) is 19.5 Å². The topological polar surface area (TPSA) is 123 Å². The van der Waals surface area contributed by atoms with E-state index < -0.39 is 16.9 Å². The Hall–Kier alpha value is -3.33. The molecule has 3 N–H and O–H groups in total. The van der Waals surface area contributed by atoms with E-state index in [0.29, 0.717) is 23.7 Å². The monoisotopic (exact) mass is 389 g/mol. The Morgan fingerprint density at radius 3 is 2.50 bits per heavy atom. The zero-order chi connectivity index (χ0) is 20.7. The van der Waals surface area contributed by atoms with Gasteiger partial charge in [0.25, 0.3) is 11.6 Å². The minimum atomic E-state index is -0.565. The van der Waals surface area contributed by atoms with Crippen molar-refractivity contribution >= 4 is 17.3 Å². The van der Waals surface area contributed by atoms with Crippen molar-refractivity contribution in [1.82, 2.24) is 5.32 Å². The molecule has 2 rings (SSSR count). The molecule has 150 valence electrons. The highest BCUT2D eigenvalue weighted by atomic mass is 16.6. The Morgan fingerprint density at radius 1 is 1.18 bits per heavy atom. The van der Waals surface area contributed by atoms with E-state index in [9.17, 15) is 14.9 Å². The maximum atomic E-state index is 12.5. The minimum Gasteiger partial charge on any atom is -0.493 e. The smallest absolute Gasteiger partial charge is 0.270 e. The fourth-order valence-corrected chi connectivity index (χ4v) is 2.52. The van der Waals surface area contributed by atoms with Crippen LogP contribution in [0, 0.1) is 10.1 Å². The van der Waals surface area contributed by atoms with Gasteiger partial charge in [-0.1, -0.05) is 6.07 Å². The molecule has 0 spiro atoms. The largest absolute Gasteiger partial charge is 0.493 e. The van der Waals surface area contributed by atoms with E-state index in [4.69, 9.17) is 14.6 Å². The van der Waals surface area contributed by atoms with Crippen molar-refractivity contribution in [2.75, 3.05) is 26.1 Å². The highest BCUT2D eigenvalue weighted by molar-refractivity contribution is 6.00. The second-order valence-corrected chi connectivity index (χ2v) is 6.09. The predicted octanol–water partition coefficient (Wildman–Crippen LogP) is 2.33. The number of nitrogens with zero attached hydrogens (tertiary/aromatic N) is 1. The van der Waals surface area contributed by atoms with Crippen LogP contribution in [0.15, 0.2) is 36.4 Å². The molecule has 9 nitrogen and oxygen atoms in total. The van der Waals surface area contributed by atoms with Crippen LogP contribution < -0.4 is 20.1 Å². The normalized spacial score (nSPS) is 11.4. The predicted molar refractivity (Wildman–Crippen MR) is 104 cm³/mol. The van der Waals surface area contributed by atoms with Crippen LogP contribution in [0.1, 0.15) is 22.8 Å². The number of carbonyl (C=O) groups is 1. The molecule has 1 unspecified atom stereocenters. The Balaban J connectivity index is 2.26. The molecule has 0 radical (unpaired) electrons. The number of carbonyl (C=O) groups excluding carboxylic acids is 1. The Kier molecular flexibility index (Phi) is 7.16. The number of aliphatic hydroxyl groups is 1. The molecule has 2 aromatic rings. The van der Waals surface area contributed by atoms with Gasteiger partial charge in [0.2, 0.25) is 0 Å². The molecule has 28 heavy (non-hydrogen) atoms. The van der Waals surface area contributed by atoms with Gasteiger partial charge in [-0.2, -0.15) is 0 Å². The summed E-state index contributed by atoms with van der Waals surface area (Å²) in [6, 6.07) is 8.93. The summed E-state index contributed by atoms with van der Waals surface area (Å²) in [7, 11) is 3.08. The Morgan fingerprint density at radius 2 is 1.89 bits per heavy atom. The number of ether oxygens (including phenoxy) is 2. The number of hydrogen-bond donors (Lipinski definition) is 3. The average Bonchev–Trinajstić information content (AvgIpc) is 2.71. The van der Waals surface area contributed by atoms with Crippen molar-refractivity contribution in [1.29, 1.82) is 0 Å². The van der Waals surface area contributed by atoms with Crippen molar-refractivity contribution in [3.63, 3.8) is 0 Å². The molecule has 0 heterocycles. The summed E-state index contributed by atoms with van der Waals surface area (Å²) in [5, 5.41) is 25.9. The summed E-state index contributed by atoms with van der Waals surface area (Å²) < 4.78 is 10.5. The van der Waals surface area contributed by atoms with E-state index in [0.717, 1.165) is 5.56 Å². The van der Waals surface area contributed by atoms with Crippen molar-refractivity contribution in [2.24, 2.45) is 0 Å². The third-order valence-corrected chi connectivity index (χ3v) is 4.04. The van der Waals surface area contributed by atoms with E-state index in [1.165, 1.54) is 25.3 Å². The molecule has 0 aliphatic rings. The van der Waals surface area contributed by atoms with E-state index in [2.05, 4.69) is 10.6 Å². The number of nitro benzene ring substituents is 1. The number of nitro groups is 1. The molecule has 0 saturated heterocycles. The van der Waals surface area contributed by atoms with Crippen molar-refractivity contribution in [3.05, 3.63) is 57.6 Å². The standard InChI is InChI=1S/C19H23N3O6/c1-12(11-23)21-19(24)15-9-14(22(25)26)5-6-16(15)20-10-13-4-7-17(27-2)18(8-13)28-3/h4-9,12,20,23H,10-11H2,1-3H3,(H,21,24). The first-order valence-electron chi connectivity index (χ1n) is 8.54. The molecule has 0 saturated carbocycles. The Labute approximate surface area is 162 Å². The molecular formula is C19H23N3O6. The number of nitrogens with one attached hydrogen (secondary N) is 2. The van der Waals surface area contributed by atoms with Gasteiger partial charge in [-0.25, -0.2) is 0 Å². The zero-order valence-corrected chi connectivity index (χ0v) is 15.9. The van der Waals surface area contributed by atoms with E-state index in [-0.39, 0.29) is 17.9 Å². The van der Waals surface area contributed by atoms with Crippen LogP contribution in [0.3, 0.4) is 0 Å². The average molecular weight is 389 g/mol. The number of non-ortho nitro benzene ring substituents is 1. The van der Waals surface area contributed by atoms with Gasteiger partial charge in [-0.05, 0) is 30.7 Å². The summed E-state index contributed by atoms with van der Waals surface area (Å²) in [5.41, 5.74) is 1.22. The van der Waals surface area contributed by atoms with E-state index in [1.54, 1.807) is 26.2 Å². The lowest BCUT2D eigenvalue weighted by Gasteiger charge is -2.15. The van der Waals surface area contributed by atoms with Gasteiger partial charge in [0.15, 0.2) is 11.5 Å². The number of rotatable bonds is 9. The number of anilines is 1. The second kappa shape index (κ2) is 9.56. The molecule has 0 fully saturated rings. The molecule has 0 aliphatic heterocycles. The lowest BCUT2D eigenvalue weighted by molar-refractivity contribution is -0.384. The van der Waals surface area contributed by atoms with Gasteiger partial charge < -0.3 is 25.2 Å². The fourth-order valence-electron chi connectivity index (χ4n) is 2.52. The van der Waals surface area contributed by atoms with Crippen molar-refractivity contribution < 1.29 is 24.3 Å². The van der Waals surface area contributed by atoms with Crippen LogP contribution in [0.2, 0.25) is 0 Å². The molecule has 0 aromatic heterocycles. The Bertz CT molecular complexity index is 856. The van der Waals surface area contributed by atoms with Gasteiger partial charge >= 0.3 is 0 Å². The molecule has 2 aromatic carbocycles. The van der Waals surface area contributed by atoms with Crippen molar-refractivity contribution in [3.8, 4) is 11.5 Å². The second-order valence-electron chi connectivity index (χ2n) is 6.09. The lowest BCUT2D eigenvalue weighted by Crippen LogP contribution is -2.35. The molecule has 0 aliphatic carbocycles. The quantitative estimate of drug-likeness (QED) is 0.444. The van der Waals surface area contributed by atoms with Gasteiger partial charge in [-0.3, -0.25) is 14.9 Å². The highest BCUT2D eigenvalue weighted by Gasteiger charge is 2.18. The van der Waals surface area contributed by atoms with E-state index in [1.807, 2.05) is 6.07 Å². The first-order chi connectivity index (χ1) is 13.4. The molecular weight excluding hydrogens is 366 g/mol. The third kappa shape index (κ3) is 5.10. The van der Waals surface area contributed by atoms with Gasteiger partial charge in [-0.15, -0.1) is 0 Å². The van der Waals surface area contributed by atoms with Gasteiger partial charge in [0.1, 0.15) is 0 Å². The summed E-state index contributed by atoms with van der Waals surface area (Å²) in [4.78, 5) is 23.0. The molecule has 1 amide bonds. The third-order valence-electron chi connectivity index (χ3n) is 4.04. The number of methoxy groups -OCH3 is 2. The molecule has 1 atom stereocenters. The first-order valence-corrected chi connectivity index (χ1v) is 8.54. The lowest BCUT2D eigenvalue weighted by atomic mass is 10.1. The number of amides is 1. The van der Waals surface area contributed by atoms with Crippen LogP contribution in [-0.2, 0) is 6.54 Å². The SMILES string of the molecule is COc1ccc(CNc2ccc([N+](=O)[O-])cc2C(=O)NC(C)CO)cc1OC. The summed E-state index contributed by atoms with van der Waals surface area (Å²) in [6.07, 6.45) is 0. The van der Waals surface area contributed by atoms with Crippen LogP contribution in [0.4, 0.5) is 11.4 Å². The van der Waals surface area contributed by atoms with Crippen LogP contribution in [0.25, 0.3) is 0 Å². The fraction of sp³-hybridized carbons (Fsp3) is 0.316. The van der Waals surface area contributed by atoms with Gasteiger partial charge in [0, 0.05) is 30.4 Å². The van der Waals surface area contributed by atoms with Crippen LogP contribution in [-0.4, -0.2) is 42.8 Å².